The zero-order chi connectivity index (χ0) is 19.4. The van der Waals surface area contributed by atoms with Gasteiger partial charge in [-0.25, -0.2) is 5.43 Å². The maximum absolute atomic E-state index is 12.5. The van der Waals surface area contributed by atoms with Crippen molar-refractivity contribution in [2.24, 2.45) is 5.10 Å². The molecule has 2 aromatic carbocycles. The van der Waals surface area contributed by atoms with Crippen molar-refractivity contribution in [3.05, 3.63) is 88.2 Å². The Balaban J connectivity index is 1.70. The average Bonchev–Trinajstić information content (AvgIpc) is 2.97. The Labute approximate surface area is 159 Å². The Kier molecular flexibility index (Phi) is 5.50. The lowest BCUT2D eigenvalue weighted by atomic mass is 10.1. The summed E-state index contributed by atoms with van der Waals surface area (Å²) in [6.45, 7) is 8.55. The maximum atomic E-state index is 12.5. The highest BCUT2D eigenvalue weighted by Gasteiger charge is 2.08. The van der Waals surface area contributed by atoms with Gasteiger partial charge in [-0.05, 0) is 57.0 Å². The number of carbonyl (C=O) groups is 1. The molecule has 0 aliphatic carbocycles. The number of nitrogens with zero attached hydrogens (tertiary/aromatic N) is 3. The number of hydrogen-bond acceptors (Lipinski definition) is 3. The molecule has 27 heavy (non-hydrogen) atoms. The van der Waals surface area contributed by atoms with Crippen molar-refractivity contribution in [2.45, 2.75) is 34.2 Å². The normalized spacial score (nSPS) is 11.5. The van der Waals surface area contributed by atoms with Crippen molar-refractivity contribution in [1.29, 1.82) is 0 Å². The van der Waals surface area contributed by atoms with Gasteiger partial charge in [0.05, 0.1) is 18.0 Å². The first-order chi connectivity index (χ1) is 12.9. The van der Waals surface area contributed by atoms with Crippen molar-refractivity contribution in [3.63, 3.8) is 0 Å². The quantitative estimate of drug-likeness (QED) is 0.552. The maximum Gasteiger partial charge on any atom is 0.271 e. The third kappa shape index (κ3) is 4.70. The predicted octanol–water partition coefficient (Wildman–Crippen LogP) is 4.01. The van der Waals surface area contributed by atoms with E-state index in [0.717, 1.165) is 28.2 Å². The summed E-state index contributed by atoms with van der Waals surface area (Å²) in [4.78, 5) is 12.5. The van der Waals surface area contributed by atoms with Crippen LogP contribution in [-0.2, 0) is 6.54 Å². The van der Waals surface area contributed by atoms with Crippen LogP contribution in [0.2, 0.25) is 0 Å². The fourth-order valence-corrected chi connectivity index (χ4v) is 2.88. The second-order valence-electron chi connectivity index (χ2n) is 6.79. The summed E-state index contributed by atoms with van der Waals surface area (Å²) in [5.74, 6) is -0.225. The highest BCUT2D eigenvalue weighted by molar-refractivity contribution is 6.00. The predicted molar refractivity (Wildman–Crippen MR) is 108 cm³/mol. The summed E-state index contributed by atoms with van der Waals surface area (Å²) in [5, 5.41) is 8.70. The van der Waals surface area contributed by atoms with Gasteiger partial charge in [0.1, 0.15) is 0 Å². The van der Waals surface area contributed by atoms with Crippen molar-refractivity contribution in [3.8, 4) is 0 Å². The first-order valence-corrected chi connectivity index (χ1v) is 8.94. The van der Waals surface area contributed by atoms with Crippen LogP contribution in [-0.4, -0.2) is 21.4 Å². The van der Waals surface area contributed by atoms with Crippen molar-refractivity contribution in [2.75, 3.05) is 0 Å². The van der Waals surface area contributed by atoms with E-state index in [9.17, 15) is 4.79 Å². The number of rotatable bonds is 5. The lowest BCUT2D eigenvalue weighted by Crippen LogP contribution is -2.19. The van der Waals surface area contributed by atoms with Crippen LogP contribution >= 0.6 is 0 Å². The molecule has 138 valence electrons. The van der Waals surface area contributed by atoms with E-state index in [-0.39, 0.29) is 5.91 Å². The Morgan fingerprint density at radius 3 is 2.44 bits per heavy atom. The summed E-state index contributed by atoms with van der Waals surface area (Å²) in [7, 11) is 0. The molecule has 1 heterocycles. The van der Waals surface area contributed by atoms with Crippen LogP contribution in [0.5, 0.6) is 0 Å². The van der Waals surface area contributed by atoms with Gasteiger partial charge < -0.3 is 0 Å². The van der Waals surface area contributed by atoms with Gasteiger partial charge in [-0.1, -0.05) is 42.0 Å². The number of hydrogen-bond donors (Lipinski definition) is 1. The highest BCUT2D eigenvalue weighted by atomic mass is 16.2. The van der Waals surface area contributed by atoms with E-state index >= 15 is 0 Å². The van der Waals surface area contributed by atoms with Gasteiger partial charge in [-0.3, -0.25) is 9.48 Å². The third-order valence-corrected chi connectivity index (χ3v) is 4.42. The highest BCUT2D eigenvalue weighted by Crippen LogP contribution is 2.10. The van der Waals surface area contributed by atoms with Crippen molar-refractivity contribution < 1.29 is 4.79 Å². The summed E-state index contributed by atoms with van der Waals surface area (Å²) >= 11 is 0. The minimum atomic E-state index is -0.225. The molecule has 3 rings (SSSR count). The zero-order valence-corrected chi connectivity index (χ0v) is 16.2. The number of nitrogens with one attached hydrogen (secondary N) is 1. The van der Waals surface area contributed by atoms with Gasteiger partial charge in [-0.2, -0.15) is 10.2 Å². The van der Waals surface area contributed by atoms with Gasteiger partial charge in [-0.15, -0.1) is 0 Å². The molecule has 0 unspecified atom stereocenters. The third-order valence-electron chi connectivity index (χ3n) is 4.42. The fourth-order valence-electron chi connectivity index (χ4n) is 2.88. The molecule has 0 aliphatic heterocycles. The number of hydrazone groups is 1. The number of aromatic nitrogens is 2. The molecule has 0 atom stereocenters. The molecule has 0 bridgehead atoms. The van der Waals surface area contributed by atoms with E-state index < -0.39 is 0 Å². The minimum absolute atomic E-state index is 0.225. The molecule has 5 heteroatoms. The summed E-state index contributed by atoms with van der Waals surface area (Å²) in [5.41, 5.74) is 9.27. The molecule has 0 radical (unpaired) electrons. The molecule has 1 aromatic heterocycles. The molecule has 5 nitrogen and oxygen atoms in total. The van der Waals surface area contributed by atoms with Gasteiger partial charge in [0.25, 0.3) is 5.91 Å². The number of aryl methyl sites for hydroxylation is 3. The van der Waals surface area contributed by atoms with Crippen LogP contribution in [0.4, 0.5) is 0 Å². The summed E-state index contributed by atoms with van der Waals surface area (Å²) in [6.07, 6.45) is 0. The van der Waals surface area contributed by atoms with E-state index in [4.69, 9.17) is 0 Å². The molecule has 0 fully saturated rings. The van der Waals surface area contributed by atoms with Crippen LogP contribution in [0, 0.1) is 20.8 Å². The standard InChI is InChI=1S/C22H24N4O/c1-15-8-10-20(11-9-15)18(4)23-24-22(27)21-7-5-6-19(13-21)14-26-17(3)12-16(2)25-26/h5-13H,14H2,1-4H3,(H,24,27). The van der Waals surface area contributed by atoms with E-state index in [1.54, 1.807) is 6.07 Å². The summed E-state index contributed by atoms with van der Waals surface area (Å²) < 4.78 is 1.94. The molecule has 0 aliphatic rings. The number of carbonyl (C=O) groups excluding carboxylic acids is 1. The average molecular weight is 360 g/mol. The first kappa shape index (κ1) is 18.6. The molecule has 1 N–H and O–H groups in total. The summed E-state index contributed by atoms with van der Waals surface area (Å²) in [6, 6.07) is 17.6. The number of amides is 1. The SMILES string of the molecule is CC(=NNC(=O)c1cccc(Cn2nc(C)cc2C)c1)c1ccc(C)cc1. The number of benzene rings is 2. The molecule has 0 spiro atoms. The Morgan fingerprint density at radius 2 is 1.78 bits per heavy atom. The van der Waals surface area contributed by atoms with E-state index in [1.165, 1.54) is 5.56 Å². The van der Waals surface area contributed by atoms with Gasteiger partial charge in [0, 0.05) is 11.3 Å². The first-order valence-electron chi connectivity index (χ1n) is 8.94. The lowest BCUT2D eigenvalue weighted by Gasteiger charge is -2.07. The van der Waals surface area contributed by atoms with Gasteiger partial charge in [0.15, 0.2) is 0 Å². The monoisotopic (exact) mass is 360 g/mol. The largest absolute Gasteiger partial charge is 0.271 e. The van der Waals surface area contributed by atoms with Gasteiger partial charge >= 0.3 is 0 Å². The van der Waals surface area contributed by atoms with Crippen LogP contribution in [0.1, 0.15) is 45.4 Å². The minimum Gasteiger partial charge on any atom is -0.267 e. The molecular weight excluding hydrogens is 336 g/mol. The molecule has 0 saturated heterocycles. The van der Waals surface area contributed by atoms with Crippen LogP contribution in [0.15, 0.2) is 59.7 Å². The molecule has 3 aromatic rings. The molecule has 1 amide bonds. The Morgan fingerprint density at radius 1 is 1.04 bits per heavy atom. The lowest BCUT2D eigenvalue weighted by molar-refractivity contribution is 0.0954. The zero-order valence-electron chi connectivity index (χ0n) is 16.2. The van der Waals surface area contributed by atoms with Gasteiger partial charge in [0.2, 0.25) is 0 Å². The van der Waals surface area contributed by atoms with E-state index in [2.05, 4.69) is 15.6 Å². The topological polar surface area (TPSA) is 59.3 Å². The van der Waals surface area contributed by atoms with Crippen LogP contribution in [0.3, 0.4) is 0 Å². The smallest absolute Gasteiger partial charge is 0.267 e. The van der Waals surface area contributed by atoms with Crippen molar-refractivity contribution in [1.82, 2.24) is 15.2 Å². The molecule has 0 saturated carbocycles. The van der Waals surface area contributed by atoms with Crippen LogP contribution in [0.25, 0.3) is 0 Å². The second kappa shape index (κ2) is 7.99. The fraction of sp³-hybridized carbons (Fsp3) is 0.227. The van der Waals surface area contributed by atoms with Crippen molar-refractivity contribution >= 4 is 11.6 Å². The molecular formula is C22H24N4O. The second-order valence-corrected chi connectivity index (χ2v) is 6.79. The van der Waals surface area contributed by atoms with E-state index in [1.807, 2.05) is 80.9 Å². The Hall–Kier alpha value is -3.21. The Bertz CT molecular complexity index is 984. The van der Waals surface area contributed by atoms with Crippen LogP contribution < -0.4 is 5.43 Å². The van der Waals surface area contributed by atoms with E-state index in [0.29, 0.717) is 12.1 Å².